The molecule has 2 aromatic rings. The summed E-state index contributed by atoms with van der Waals surface area (Å²) >= 11 is 7.85. The predicted octanol–water partition coefficient (Wildman–Crippen LogP) is 3.72. The van der Waals surface area contributed by atoms with Gasteiger partial charge in [-0.25, -0.2) is 0 Å². The first-order valence-electron chi connectivity index (χ1n) is 6.71. The fraction of sp³-hybridized carbons (Fsp3) is 0.400. The van der Waals surface area contributed by atoms with E-state index in [9.17, 15) is 0 Å². The molecule has 0 amide bonds. The molecule has 0 unspecified atom stereocenters. The highest BCUT2D eigenvalue weighted by Crippen LogP contribution is 2.31. The van der Waals surface area contributed by atoms with Gasteiger partial charge in [-0.15, -0.1) is 0 Å². The highest BCUT2D eigenvalue weighted by molar-refractivity contribution is 7.15. The Morgan fingerprint density at radius 3 is 2.71 bits per heavy atom. The molecule has 0 saturated heterocycles. The van der Waals surface area contributed by atoms with E-state index in [2.05, 4.69) is 17.2 Å². The molecule has 1 aromatic carbocycles. The number of halogens is 1. The Labute approximate surface area is 134 Å². The standard InChI is InChI=1S/C15H20ClN3OS/c1-10(11-7-5-6-8-12(11)16)17-9-13-14(20-4)18-15(21-13)19(2)3/h5-8,10,17H,9H2,1-4H3/t10-/m1/s1. The van der Waals surface area contributed by atoms with E-state index in [1.54, 1.807) is 18.4 Å². The van der Waals surface area contributed by atoms with E-state index in [0.717, 1.165) is 20.6 Å². The zero-order valence-electron chi connectivity index (χ0n) is 12.7. The molecule has 0 aliphatic heterocycles. The first-order chi connectivity index (χ1) is 10.0. The summed E-state index contributed by atoms with van der Waals surface area (Å²) in [5, 5.41) is 5.19. The van der Waals surface area contributed by atoms with Crippen LogP contribution in [0.5, 0.6) is 5.88 Å². The third-order valence-corrected chi connectivity index (χ3v) is 4.72. The van der Waals surface area contributed by atoms with Crippen molar-refractivity contribution in [2.75, 3.05) is 26.1 Å². The minimum absolute atomic E-state index is 0.160. The number of nitrogens with zero attached hydrogens (tertiary/aromatic N) is 2. The van der Waals surface area contributed by atoms with E-state index in [1.165, 1.54) is 0 Å². The molecule has 0 aliphatic rings. The van der Waals surface area contributed by atoms with Crippen LogP contribution in [-0.2, 0) is 6.54 Å². The molecule has 1 N–H and O–H groups in total. The summed E-state index contributed by atoms with van der Waals surface area (Å²) in [6.07, 6.45) is 0. The van der Waals surface area contributed by atoms with E-state index < -0.39 is 0 Å². The number of anilines is 1. The van der Waals surface area contributed by atoms with Gasteiger partial charge in [-0.2, -0.15) is 4.98 Å². The Bertz CT molecular complexity index is 600. The maximum atomic E-state index is 6.22. The van der Waals surface area contributed by atoms with Gasteiger partial charge in [0.2, 0.25) is 5.88 Å². The molecule has 4 nitrogen and oxygen atoms in total. The van der Waals surface area contributed by atoms with E-state index in [1.807, 2.05) is 43.3 Å². The fourth-order valence-corrected chi connectivity index (χ4v) is 3.17. The number of hydrogen-bond donors (Lipinski definition) is 1. The lowest BCUT2D eigenvalue weighted by Gasteiger charge is -2.15. The number of benzene rings is 1. The van der Waals surface area contributed by atoms with Gasteiger partial charge in [-0.05, 0) is 18.6 Å². The minimum Gasteiger partial charge on any atom is -0.480 e. The van der Waals surface area contributed by atoms with Gasteiger partial charge < -0.3 is 15.0 Å². The van der Waals surface area contributed by atoms with Crippen molar-refractivity contribution in [2.24, 2.45) is 0 Å². The SMILES string of the molecule is COc1nc(N(C)C)sc1CN[C@H](C)c1ccccc1Cl. The number of ether oxygens (including phenoxy) is 1. The van der Waals surface area contributed by atoms with Crippen molar-refractivity contribution >= 4 is 28.1 Å². The highest BCUT2D eigenvalue weighted by atomic mass is 35.5. The number of rotatable bonds is 6. The van der Waals surface area contributed by atoms with Crippen LogP contribution in [0.4, 0.5) is 5.13 Å². The molecule has 1 atom stereocenters. The van der Waals surface area contributed by atoms with E-state index in [-0.39, 0.29) is 6.04 Å². The molecule has 0 saturated carbocycles. The quantitative estimate of drug-likeness (QED) is 0.878. The van der Waals surface area contributed by atoms with Crippen molar-refractivity contribution < 1.29 is 4.74 Å². The van der Waals surface area contributed by atoms with Crippen molar-refractivity contribution in [3.8, 4) is 5.88 Å². The molecule has 0 spiro atoms. The molecule has 0 aliphatic carbocycles. The van der Waals surface area contributed by atoms with Crippen molar-refractivity contribution in [1.29, 1.82) is 0 Å². The Morgan fingerprint density at radius 1 is 1.38 bits per heavy atom. The van der Waals surface area contributed by atoms with Gasteiger partial charge in [-0.3, -0.25) is 0 Å². The molecule has 1 heterocycles. The van der Waals surface area contributed by atoms with Crippen LogP contribution in [0.1, 0.15) is 23.4 Å². The lowest BCUT2D eigenvalue weighted by atomic mass is 10.1. The molecular formula is C15H20ClN3OS. The molecule has 21 heavy (non-hydrogen) atoms. The molecule has 0 bridgehead atoms. The summed E-state index contributed by atoms with van der Waals surface area (Å²) in [5.41, 5.74) is 1.09. The first kappa shape index (κ1) is 16.1. The van der Waals surface area contributed by atoms with Crippen LogP contribution in [0.2, 0.25) is 5.02 Å². The van der Waals surface area contributed by atoms with Crippen LogP contribution in [0.15, 0.2) is 24.3 Å². The average molecular weight is 326 g/mol. The second kappa shape index (κ2) is 7.11. The molecule has 6 heteroatoms. The minimum atomic E-state index is 0.160. The first-order valence-corrected chi connectivity index (χ1v) is 7.91. The van der Waals surface area contributed by atoms with Gasteiger partial charge in [0.1, 0.15) is 0 Å². The van der Waals surface area contributed by atoms with Gasteiger partial charge in [0.25, 0.3) is 0 Å². The Hall–Kier alpha value is -1.30. The molecular weight excluding hydrogens is 306 g/mol. The highest BCUT2D eigenvalue weighted by Gasteiger charge is 2.15. The lowest BCUT2D eigenvalue weighted by molar-refractivity contribution is 0.393. The maximum Gasteiger partial charge on any atom is 0.230 e. The van der Waals surface area contributed by atoms with E-state index in [0.29, 0.717) is 12.4 Å². The van der Waals surface area contributed by atoms with Crippen molar-refractivity contribution in [3.63, 3.8) is 0 Å². The van der Waals surface area contributed by atoms with Crippen LogP contribution >= 0.6 is 22.9 Å². The zero-order valence-corrected chi connectivity index (χ0v) is 14.3. The number of thiazole rings is 1. The molecule has 0 fully saturated rings. The molecule has 114 valence electrons. The molecule has 0 radical (unpaired) electrons. The third kappa shape index (κ3) is 3.87. The van der Waals surface area contributed by atoms with Gasteiger partial charge in [0.05, 0.1) is 12.0 Å². The third-order valence-electron chi connectivity index (χ3n) is 3.17. The topological polar surface area (TPSA) is 37.4 Å². The van der Waals surface area contributed by atoms with Crippen LogP contribution in [-0.4, -0.2) is 26.2 Å². The maximum absolute atomic E-state index is 6.22. The summed E-state index contributed by atoms with van der Waals surface area (Å²) in [4.78, 5) is 7.52. The number of hydrogen-bond acceptors (Lipinski definition) is 5. The molecule has 1 aromatic heterocycles. The van der Waals surface area contributed by atoms with E-state index in [4.69, 9.17) is 16.3 Å². The summed E-state index contributed by atoms with van der Waals surface area (Å²) in [6, 6.07) is 8.04. The van der Waals surface area contributed by atoms with E-state index >= 15 is 0 Å². The summed E-state index contributed by atoms with van der Waals surface area (Å²) < 4.78 is 5.34. The van der Waals surface area contributed by atoms with Crippen LogP contribution in [0.25, 0.3) is 0 Å². The normalized spacial score (nSPS) is 12.2. The van der Waals surface area contributed by atoms with Gasteiger partial charge >= 0.3 is 0 Å². The number of methoxy groups -OCH3 is 1. The van der Waals surface area contributed by atoms with Gasteiger partial charge in [-0.1, -0.05) is 41.1 Å². The monoisotopic (exact) mass is 325 g/mol. The van der Waals surface area contributed by atoms with Crippen molar-refractivity contribution in [3.05, 3.63) is 39.7 Å². The Morgan fingerprint density at radius 2 is 2.10 bits per heavy atom. The largest absolute Gasteiger partial charge is 0.480 e. The van der Waals surface area contributed by atoms with Crippen LogP contribution < -0.4 is 15.0 Å². The van der Waals surface area contributed by atoms with Gasteiger partial charge in [0, 0.05) is 31.7 Å². The van der Waals surface area contributed by atoms with Crippen molar-refractivity contribution in [1.82, 2.24) is 10.3 Å². The lowest BCUT2D eigenvalue weighted by Crippen LogP contribution is -2.18. The Balaban J connectivity index is 2.07. The Kier molecular flexibility index (Phi) is 5.45. The number of aromatic nitrogens is 1. The fourth-order valence-electron chi connectivity index (χ4n) is 1.97. The van der Waals surface area contributed by atoms with Crippen LogP contribution in [0, 0.1) is 0 Å². The summed E-state index contributed by atoms with van der Waals surface area (Å²) in [7, 11) is 5.60. The average Bonchev–Trinajstić information content (AvgIpc) is 2.88. The van der Waals surface area contributed by atoms with Crippen LogP contribution in [0.3, 0.4) is 0 Å². The summed E-state index contributed by atoms with van der Waals surface area (Å²) in [5.74, 6) is 0.683. The van der Waals surface area contributed by atoms with Gasteiger partial charge in [0.15, 0.2) is 5.13 Å². The number of nitrogens with one attached hydrogen (secondary N) is 1. The smallest absolute Gasteiger partial charge is 0.230 e. The summed E-state index contributed by atoms with van der Waals surface area (Å²) in [6.45, 7) is 2.79. The second-order valence-electron chi connectivity index (χ2n) is 4.95. The molecule has 2 rings (SSSR count). The van der Waals surface area contributed by atoms with Crippen molar-refractivity contribution in [2.45, 2.75) is 19.5 Å². The predicted molar refractivity (Wildman–Crippen MR) is 89.7 cm³/mol. The second-order valence-corrected chi connectivity index (χ2v) is 6.42. The zero-order chi connectivity index (χ0) is 15.4.